The number of nitrogens with one attached hydrogen (secondary N) is 3. The summed E-state index contributed by atoms with van der Waals surface area (Å²) >= 11 is 0. The highest BCUT2D eigenvalue weighted by molar-refractivity contribution is 6.13. The maximum atomic E-state index is 15.6. The summed E-state index contributed by atoms with van der Waals surface area (Å²) < 4.78 is 18.3. The second kappa shape index (κ2) is 17.7. The number of anilines is 3. The molecule has 5 aromatic carbocycles. The molecule has 3 fully saturated rings. The molecule has 0 radical (unpaired) electrons. The first-order valence-electron chi connectivity index (χ1n) is 20.9. The van der Waals surface area contributed by atoms with E-state index >= 15 is 14.4 Å². The number of amides is 4. The van der Waals surface area contributed by atoms with Crippen molar-refractivity contribution < 1.29 is 38.5 Å². The molecule has 320 valence electrons. The highest BCUT2D eigenvalue weighted by Gasteiger charge is 2.74. The summed E-state index contributed by atoms with van der Waals surface area (Å²) in [5, 5.41) is 18.6. The third-order valence-corrected chi connectivity index (χ3v) is 12.2. The Hall–Kier alpha value is -7.18. The molecule has 14 nitrogen and oxygen atoms in total. The maximum Gasteiger partial charge on any atom is 0.324 e. The lowest BCUT2D eigenvalue weighted by Gasteiger charge is -2.46. The molecule has 0 bridgehead atoms. The van der Waals surface area contributed by atoms with E-state index < -0.39 is 59.4 Å². The summed E-state index contributed by atoms with van der Waals surface area (Å²) in [5.74, 6) is 3.18. The molecule has 0 saturated carbocycles. The number of hydrogen-bond donors (Lipinski definition) is 5. The first-order chi connectivity index (χ1) is 30.8. The maximum absolute atomic E-state index is 15.6. The average molecular weight is 847 g/mol. The van der Waals surface area contributed by atoms with Crippen molar-refractivity contribution in [1.29, 1.82) is 0 Å². The molecule has 9 rings (SSSR count). The zero-order valence-corrected chi connectivity index (χ0v) is 34.2. The molecule has 5 aromatic rings. The molecule has 0 aliphatic carbocycles. The molecular weight excluding hydrogens is 801 g/mol. The Bertz CT molecular complexity index is 2580. The normalized spacial score (nSPS) is 23.7. The Morgan fingerprint density at radius 2 is 1.57 bits per heavy atom. The predicted octanol–water partition coefficient (Wildman–Crippen LogP) is 4.82. The molecule has 0 aromatic heterocycles. The van der Waals surface area contributed by atoms with E-state index in [9.17, 15) is 9.90 Å². The van der Waals surface area contributed by atoms with Crippen LogP contribution in [0, 0.1) is 17.8 Å². The first-order valence-corrected chi connectivity index (χ1v) is 20.9. The van der Waals surface area contributed by atoms with Crippen LogP contribution in [0.15, 0.2) is 127 Å². The number of carbonyl (C=O) groups excluding carboxylic acids is 4. The van der Waals surface area contributed by atoms with Gasteiger partial charge in [0.25, 0.3) is 0 Å². The predicted molar refractivity (Wildman–Crippen MR) is 235 cm³/mol. The van der Waals surface area contributed by atoms with Crippen LogP contribution in [0.2, 0.25) is 0 Å². The van der Waals surface area contributed by atoms with Crippen molar-refractivity contribution in [2.45, 2.75) is 29.6 Å². The number of carbonyl (C=O) groups is 4. The number of ether oxygens (including phenoxy) is 3. The average Bonchev–Trinajstić information content (AvgIpc) is 3.79. The van der Waals surface area contributed by atoms with Gasteiger partial charge in [-0.2, -0.15) is 0 Å². The molecule has 4 aliphatic heterocycles. The minimum absolute atomic E-state index is 0.0242. The number of nitrogens with two attached hydrogens (primary N) is 1. The Morgan fingerprint density at radius 1 is 0.873 bits per heavy atom. The van der Waals surface area contributed by atoms with Crippen LogP contribution >= 0.6 is 0 Å². The van der Waals surface area contributed by atoms with Gasteiger partial charge >= 0.3 is 12.0 Å². The second-order valence-electron chi connectivity index (χ2n) is 15.7. The first kappa shape index (κ1) is 41.2. The third kappa shape index (κ3) is 7.60. The molecule has 4 aliphatic rings. The lowest BCUT2D eigenvalue weighted by atomic mass is 9.65. The fraction of sp³-hybridized carbons (Fsp3) is 0.265. The number of morpholine rings is 2. The SMILES string of the molecule is NC(=O)NCC#Cc1ccc2c(c1)[C@]1(C(=O)N2)[C@H](C(=O)Nc2ccc(N3CCOCC3)cc2)[C@H]2C(=O)O[C@H](c3ccccc3)[C@H](c3ccccc3)N2[C@@H]1c1ccccc1OCCO. The molecule has 3 saturated heterocycles. The Morgan fingerprint density at radius 3 is 2.29 bits per heavy atom. The Labute approximate surface area is 364 Å². The van der Waals surface area contributed by atoms with Gasteiger partial charge < -0.3 is 45.9 Å². The topological polar surface area (TPSA) is 185 Å². The standard InChI is InChI=1S/C49H46N6O8/c50-48(60)51-23-9-10-31-17-22-38-37(30-31)49(47(59)53-38)40(45(57)52-34-18-20-35(21-19-34)54-24-27-61-28-25-54)42-46(58)63-43(33-13-5-2-6-14-33)41(32-11-3-1-4-12-32)55(42)44(49)36-15-7-8-16-39(36)62-29-26-56/h1-8,11-22,30,40-44,56H,23-29H2,(H,52,57)(H,53,59)(H3,50,51,60)/t40-,41-,42-,43+,44+,49-/m0/s1. The lowest BCUT2D eigenvalue weighted by molar-refractivity contribution is -0.177. The van der Waals surface area contributed by atoms with Crippen LogP contribution in [-0.4, -0.2) is 85.9 Å². The minimum atomic E-state index is -1.82. The molecule has 4 heterocycles. The molecule has 6 N–H and O–H groups in total. The zero-order valence-electron chi connectivity index (χ0n) is 34.2. The summed E-state index contributed by atoms with van der Waals surface area (Å²) in [4.78, 5) is 62.0. The number of aliphatic hydroxyl groups excluding tert-OH is 1. The number of para-hydroxylation sites is 1. The van der Waals surface area contributed by atoms with Crippen LogP contribution in [0.1, 0.15) is 46.0 Å². The van der Waals surface area contributed by atoms with Crippen molar-refractivity contribution >= 4 is 40.9 Å². The van der Waals surface area contributed by atoms with E-state index in [1.807, 2.05) is 102 Å². The van der Waals surface area contributed by atoms with Gasteiger partial charge in [0.05, 0.1) is 44.4 Å². The molecule has 63 heavy (non-hydrogen) atoms. The third-order valence-electron chi connectivity index (χ3n) is 12.2. The van der Waals surface area contributed by atoms with Crippen LogP contribution in [-0.2, 0) is 29.3 Å². The van der Waals surface area contributed by atoms with Gasteiger partial charge in [0, 0.05) is 41.3 Å². The van der Waals surface area contributed by atoms with Crippen LogP contribution in [0.4, 0.5) is 21.9 Å². The van der Waals surface area contributed by atoms with Gasteiger partial charge in [0.1, 0.15) is 29.9 Å². The number of rotatable bonds is 10. The van der Waals surface area contributed by atoms with Crippen LogP contribution in [0.25, 0.3) is 0 Å². The van der Waals surface area contributed by atoms with Crippen molar-refractivity contribution in [2.75, 3.05) is 61.6 Å². The molecule has 6 atom stereocenters. The fourth-order valence-electron chi connectivity index (χ4n) is 9.71. The van der Waals surface area contributed by atoms with Gasteiger partial charge in [0.15, 0.2) is 0 Å². The van der Waals surface area contributed by atoms with E-state index in [2.05, 4.69) is 32.7 Å². The van der Waals surface area contributed by atoms with E-state index in [-0.39, 0.29) is 19.8 Å². The molecule has 14 heteroatoms. The number of primary amides is 1. The number of hydrogen-bond acceptors (Lipinski definition) is 10. The Kier molecular flexibility index (Phi) is 11.5. The van der Waals surface area contributed by atoms with Gasteiger partial charge in [-0.25, -0.2) is 4.79 Å². The summed E-state index contributed by atoms with van der Waals surface area (Å²) in [6.07, 6.45) is -0.865. The van der Waals surface area contributed by atoms with E-state index in [0.717, 1.165) is 29.9 Å². The molecular formula is C49H46N6O8. The second-order valence-corrected chi connectivity index (χ2v) is 15.7. The van der Waals surface area contributed by atoms with Crippen LogP contribution < -0.4 is 31.3 Å². The lowest BCUT2D eigenvalue weighted by Crippen LogP contribution is -2.53. The van der Waals surface area contributed by atoms with E-state index in [1.54, 1.807) is 30.3 Å². The fourth-order valence-corrected chi connectivity index (χ4v) is 9.71. The number of nitrogens with zero attached hydrogens (tertiary/aromatic N) is 2. The van der Waals surface area contributed by atoms with Crippen molar-refractivity contribution in [2.24, 2.45) is 11.7 Å². The Balaban J connectivity index is 1.28. The van der Waals surface area contributed by atoms with Gasteiger partial charge in [0.2, 0.25) is 11.8 Å². The summed E-state index contributed by atoms with van der Waals surface area (Å²) in [6, 6.07) is 35.1. The van der Waals surface area contributed by atoms with Crippen LogP contribution in [0.3, 0.4) is 0 Å². The smallest absolute Gasteiger partial charge is 0.324 e. The quantitative estimate of drug-likeness (QED) is 0.0965. The van der Waals surface area contributed by atoms with E-state index in [4.69, 9.17) is 19.9 Å². The molecule has 1 spiro atoms. The largest absolute Gasteiger partial charge is 0.491 e. The van der Waals surface area contributed by atoms with E-state index in [0.29, 0.717) is 47.0 Å². The van der Waals surface area contributed by atoms with Gasteiger partial charge in [-0.15, -0.1) is 0 Å². The summed E-state index contributed by atoms with van der Waals surface area (Å²) in [7, 11) is 0. The summed E-state index contributed by atoms with van der Waals surface area (Å²) in [6.45, 7) is 2.33. The van der Waals surface area contributed by atoms with Crippen LogP contribution in [0.5, 0.6) is 5.75 Å². The van der Waals surface area contributed by atoms with Gasteiger partial charge in [-0.05, 0) is 65.2 Å². The summed E-state index contributed by atoms with van der Waals surface area (Å²) in [5.41, 5.74) is 8.32. The highest BCUT2D eigenvalue weighted by atomic mass is 16.6. The van der Waals surface area contributed by atoms with Crippen molar-refractivity contribution in [3.63, 3.8) is 0 Å². The van der Waals surface area contributed by atoms with E-state index in [1.165, 1.54) is 0 Å². The number of urea groups is 1. The monoisotopic (exact) mass is 846 g/mol. The number of aliphatic hydroxyl groups is 1. The molecule has 4 amide bonds. The number of esters is 1. The number of cyclic esters (lactones) is 1. The van der Waals surface area contributed by atoms with Crippen molar-refractivity contribution in [3.05, 3.63) is 155 Å². The zero-order chi connectivity index (χ0) is 43.5. The van der Waals surface area contributed by atoms with Crippen molar-refractivity contribution in [3.8, 4) is 17.6 Å². The van der Waals surface area contributed by atoms with Gasteiger partial charge in [-0.1, -0.05) is 90.7 Å². The minimum Gasteiger partial charge on any atom is -0.491 e. The van der Waals surface area contributed by atoms with Gasteiger partial charge in [-0.3, -0.25) is 19.3 Å². The number of fused-ring (bicyclic) bond motifs is 3. The van der Waals surface area contributed by atoms with Crippen molar-refractivity contribution in [1.82, 2.24) is 10.2 Å². The highest BCUT2D eigenvalue weighted by Crippen LogP contribution is 2.65. The molecule has 0 unspecified atom stereocenters. The number of benzene rings is 5.